The number of rotatable bonds is 6. The minimum atomic E-state index is -1.05. The number of morpholine rings is 1. The Morgan fingerprint density at radius 3 is 2.60 bits per heavy atom. The van der Waals surface area contributed by atoms with Crippen molar-refractivity contribution in [1.82, 2.24) is 10.2 Å². The highest BCUT2D eigenvalue weighted by Gasteiger charge is 2.48. The molecule has 1 aromatic carbocycles. The predicted molar refractivity (Wildman–Crippen MR) is 119 cm³/mol. The summed E-state index contributed by atoms with van der Waals surface area (Å²) in [5, 5.41) is 5.09. The Hall–Kier alpha value is -2.18. The van der Waals surface area contributed by atoms with E-state index >= 15 is 0 Å². The fraction of sp³-hybridized carbons (Fsp3) is 0.500. The molecule has 2 aromatic rings. The summed E-state index contributed by atoms with van der Waals surface area (Å²) in [6.07, 6.45) is 1.39. The van der Waals surface area contributed by atoms with E-state index in [0.29, 0.717) is 32.0 Å². The maximum atomic E-state index is 13.2. The first-order valence-corrected chi connectivity index (χ1v) is 11.6. The van der Waals surface area contributed by atoms with Crippen LogP contribution in [0, 0.1) is 11.8 Å². The SMILES string of the molecule is CC(C)NC(=O)[C@]1(Cc2ccc(-c3cccs3)cc2)CN(C(=O)[C@H]2C[C@H]2C)CCO1. The van der Waals surface area contributed by atoms with Crippen LogP contribution in [0.5, 0.6) is 0 Å². The van der Waals surface area contributed by atoms with Gasteiger partial charge in [0.1, 0.15) is 0 Å². The van der Waals surface area contributed by atoms with E-state index in [2.05, 4.69) is 48.0 Å². The summed E-state index contributed by atoms with van der Waals surface area (Å²) in [5.74, 6) is 0.588. The standard InChI is InChI=1S/C24H30N2O3S/c1-16(2)25-23(28)24(15-26(10-11-29-24)22(27)20-13-17(20)3)14-18-6-8-19(9-7-18)21-5-4-12-30-21/h4-9,12,16-17,20H,10-11,13-15H2,1-3H3,(H,25,28)/t17-,20+,24+/m1/s1. The molecular formula is C24H30N2O3S. The van der Waals surface area contributed by atoms with E-state index in [4.69, 9.17) is 4.74 Å². The first-order chi connectivity index (χ1) is 14.4. The number of hydrogen-bond acceptors (Lipinski definition) is 4. The van der Waals surface area contributed by atoms with Gasteiger partial charge in [-0.15, -0.1) is 11.3 Å². The molecule has 2 fully saturated rings. The smallest absolute Gasteiger partial charge is 0.254 e. The molecule has 0 unspecified atom stereocenters. The summed E-state index contributed by atoms with van der Waals surface area (Å²) in [7, 11) is 0. The quantitative estimate of drug-likeness (QED) is 0.766. The van der Waals surface area contributed by atoms with Crippen LogP contribution in [0.4, 0.5) is 0 Å². The van der Waals surface area contributed by atoms with Crippen molar-refractivity contribution in [2.45, 2.75) is 45.3 Å². The Balaban J connectivity index is 1.56. The van der Waals surface area contributed by atoms with Gasteiger partial charge in [0, 0.05) is 29.8 Å². The van der Waals surface area contributed by atoms with Crippen LogP contribution in [0.2, 0.25) is 0 Å². The molecule has 4 rings (SSSR count). The zero-order chi connectivity index (χ0) is 21.3. The number of nitrogens with one attached hydrogen (secondary N) is 1. The summed E-state index contributed by atoms with van der Waals surface area (Å²) in [5.41, 5.74) is 1.14. The minimum absolute atomic E-state index is 0.00807. The van der Waals surface area contributed by atoms with Gasteiger partial charge in [-0.05, 0) is 48.8 Å². The molecule has 5 nitrogen and oxygen atoms in total. The van der Waals surface area contributed by atoms with E-state index in [1.165, 1.54) is 10.4 Å². The number of hydrogen-bond donors (Lipinski definition) is 1. The van der Waals surface area contributed by atoms with Gasteiger partial charge in [-0.3, -0.25) is 9.59 Å². The third-order valence-corrected chi connectivity index (χ3v) is 6.93. The van der Waals surface area contributed by atoms with Gasteiger partial charge in [0.05, 0.1) is 13.2 Å². The summed E-state index contributed by atoms with van der Waals surface area (Å²) in [6.45, 7) is 7.23. The fourth-order valence-corrected chi connectivity index (χ4v) is 4.88. The van der Waals surface area contributed by atoms with Crippen molar-refractivity contribution >= 4 is 23.2 Å². The minimum Gasteiger partial charge on any atom is -0.361 e. The average Bonchev–Trinajstić information content (AvgIpc) is 3.21. The lowest BCUT2D eigenvalue weighted by molar-refractivity contribution is -0.167. The summed E-state index contributed by atoms with van der Waals surface area (Å²) in [6, 6.07) is 12.5. The first-order valence-electron chi connectivity index (χ1n) is 10.7. The summed E-state index contributed by atoms with van der Waals surface area (Å²) in [4.78, 5) is 29.2. The number of thiophene rings is 1. The van der Waals surface area contributed by atoms with Gasteiger partial charge >= 0.3 is 0 Å². The van der Waals surface area contributed by atoms with Crippen LogP contribution in [0.3, 0.4) is 0 Å². The van der Waals surface area contributed by atoms with Crippen LogP contribution in [0.25, 0.3) is 10.4 Å². The van der Waals surface area contributed by atoms with Crippen molar-refractivity contribution in [3.8, 4) is 10.4 Å². The molecule has 3 atom stereocenters. The molecule has 30 heavy (non-hydrogen) atoms. The Bertz CT molecular complexity index is 894. The van der Waals surface area contributed by atoms with Gasteiger partial charge in [-0.25, -0.2) is 0 Å². The molecule has 2 amide bonds. The number of benzene rings is 1. The lowest BCUT2D eigenvalue weighted by Gasteiger charge is -2.42. The van der Waals surface area contributed by atoms with Crippen LogP contribution in [0.1, 0.15) is 32.8 Å². The highest BCUT2D eigenvalue weighted by atomic mass is 32.1. The topological polar surface area (TPSA) is 58.6 Å². The Labute approximate surface area is 182 Å². The van der Waals surface area contributed by atoms with Crippen LogP contribution in [-0.4, -0.2) is 48.1 Å². The second-order valence-corrected chi connectivity index (χ2v) is 9.85. The molecule has 1 N–H and O–H groups in total. The lowest BCUT2D eigenvalue weighted by Crippen LogP contribution is -2.63. The van der Waals surface area contributed by atoms with E-state index in [-0.39, 0.29) is 23.8 Å². The second-order valence-electron chi connectivity index (χ2n) is 8.90. The van der Waals surface area contributed by atoms with Gasteiger partial charge < -0.3 is 15.0 Å². The van der Waals surface area contributed by atoms with E-state index in [1.54, 1.807) is 11.3 Å². The Kier molecular flexibility index (Phi) is 5.98. The van der Waals surface area contributed by atoms with Crippen LogP contribution < -0.4 is 5.32 Å². The van der Waals surface area contributed by atoms with Gasteiger partial charge in [0.2, 0.25) is 5.91 Å². The molecule has 6 heteroatoms. The average molecular weight is 427 g/mol. The van der Waals surface area contributed by atoms with Crippen molar-refractivity contribution in [1.29, 1.82) is 0 Å². The van der Waals surface area contributed by atoms with Crippen LogP contribution in [0.15, 0.2) is 41.8 Å². The molecule has 0 bridgehead atoms. The predicted octanol–water partition coefficient (Wildman–Crippen LogP) is 3.74. The van der Waals surface area contributed by atoms with Gasteiger partial charge in [-0.2, -0.15) is 0 Å². The molecule has 1 aromatic heterocycles. The third kappa shape index (κ3) is 4.44. The molecule has 1 aliphatic heterocycles. The highest BCUT2D eigenvalue weighted by Crippen LogP contribution is 2.40. The van der Waals surface area contributed by atoms with Crippen molar-refractivity contribution in [3.63, 3.8) is 0 Å². The van der Waals surface area contributed by atoms with E-state index in [0.717, 1.165) is 12.0 Å². The third-order valence-electron chi connectivity index (χ3n) is 6.01. The second kappa shape index (κ2) is 8.52. The molecule has 2 aliphatic rings. The number of carbonyl (C=O) groups excluding carboxylic acids is 2. The monoisotopic (exact) mass is 426 g/mol. The van der Waals surface area contributed by atoms with Crippen molar-refractivity contribution < 1.29 is 14.3 Å². The van der Waals surface area contributed by atoms with Gasteiger partial charge in [0.25, 0.3) is 5.91 Å². The summed E-state index contributed by atoms with van der Waals surface area (Å²) < 4.78 is 6.14. The van der Waals surface area contributed by atoms with E-state index < -0.39 is 5.60 Å². The summed E-state index contributed by atoms with van der Waals surface area (Å²) >= 11 is 1.71. The Morgan fingerprint density at radius 1 is 1.27 bits per heavy atom. The number of amides is 2. The lowest BCUT2D eigenvalue weighted by atomic mass is 9.90. The zero-order valence-electron chi connectivity index (χ0n) is 17.9. The van der Waals surface area contributed by atoms with Crippen molar-refractivity contribution in [2.75, 3.05) is 19.7 Å². The molecule has 160 valence electrons. The molecule has 0 radical (unpaired) electrons. The number of carbonyl (C=O) groups is 2. The molecule has 0 spiro atoms. The molecular weight excluding hydrogens is 396 g/mol. The number of nitrogens with zero attached hydrogens (tertiary/aromatic N) is 1. The van der Waals surface area contributed by atoms with E-state index in [1.807, 2.05) is 24.8 Å². The number of ether oxygens (including phenoxy) is 1. The molecule has 1 aliphatic carbocycles. The normalized spacial score (nSPS) is 25.9. The van der Waals surface area contributed by atoms with Crippen LogP contribution in [-0.2, 0) is 20.7 Å². The molecule has 2 heterocycles. The molecule has 1 saturated heterocycles. The maximum Gasteiger partial charge on any atom is 0.254 e. The molecule has 1 saturated carbocycles. The zero-order valence-corrected chi connectivity index (χ0v) is 18.7. The largest absolute Gasteiger partial charge is 0.361 e. The highest BCUT2D eigenvalue weighted by molar-refractivity contribution is 7.13. The van der Waals surface area contributed by atoms with Crippen molar-refractivity contribution in [3.05, 3.63) is 47.3 Å². The fourth-order valence-electron chi connectivity index (χ4n) is 4.15. The Morgan fingerprint density at radius 2 is 2.00 bits per heavy atom. The van der Waals surface area contributed by atoms with Crippen LogP contribution >= 0.6 is 11.3 Å². The maximum absolute atomic E-state index is 13.2. The van der Waals surface area contributed by atoms with Crippen molar-refractivity contribution in [2.24, 2.45) is 11.8 Å². The van der Waals surface area contributed by atoms with Gasteiger partial charge in [0.15, 0.2) is 5.60 Å². The van der Waals surface area contributed by atoms with E-state index in [9.17, 15) is 9.59 Å². The van der Waals surface area contributed by atoms with Gasteiger partial charge in [-0.1, -0.05) is 37.3 Å². The first kappa shape index (κ1) is 21.1.